The number of sulfone groups is 1. The molecule has 0 saturated carbocycles. The molecule has 1 heterocycles. The smallest absolute Gasteiger partial charge is 0.412 e. The van der Waals surface area contributed by atoms with Gasteiger partial charge in [-0.1, -0.05) is 12.1 Å². The highest BCUT2D eigenvalue weighted by atomic mass is 32.2. The minimum absolute atomic E-state index is 0.283. The number of aromatic nitrogens is 1. The van der Waals surface area contributed by atoms with Crippen molar-refractivity contribution < 1.29 is 17.9 Å². The van der Waals surface area contributed by atoms with Crippen molar-refractivity contribution in [2.24, 2.45) is 0 Å². The van der Waals surface area contributed by atoms with Crippen LogP contribution in [-0.2, 0) is 21.0 Å². The zero-order valence-corrected chi connectivity index (χ0v) is 16.5. The van der Waals surface area contributed by atoms with Gasteiger partial charge in [0.15, 0.2) is 9.84 Å². The molecule has 0 aliphatic carbocycles. The number of aryl methyl sites for hydroxylation is 1. The number of ether oxygens (including phenoxy) is 1. The van der Waals surface area contributed by atoms with Crippen molar-refractivity contribution in [2.75, 3.05) is 11.6 Å². The van der Waals surface area contributed by atoms with Crippen LogP contribution in [0.2, 0.25) is 0 Å². The minimum Gasteiger partial charge on any atom is -0.444 e. The summed E-state index contributed by atoms with van der Waals surface area (Å²) in [6.45, 7) is 7.20. The number of carbonyl (C=O) groups is 1. The first-order chi connectivity index (χ1) is 11.4. The zero-order chi connectivity index (χ0) is 18.8. The SMILES string of the molecule is Cc1nc(Cc2cccc(S(C)(=O)=O)c2)sc1NC(=O)OC(C)(C)C. The van der Waals surface area contributed by atoms with Crippen molar-refractivity contribution in [3.05, 3.63) is 40.5 Å². The lowest BCUT2D eigenvalue weighted by molar-refractivity contribution is 0.0636. The number of benzene rings is 1. The summed E-state index contributed by atoms with van der Waals surface area (Å²) in [5.41, 5.74) is 0.975. The summed E-state index contributed by atoms with van der Waals surface area (Å²) in [4.78, 5) is 16.6. The summed E-state index contributed by atoms with van der Waals surface area (Å²) < 4.78 is 28.6. The lowest BCUT2D eigenvalue weighted by Crippen LogP contribution is -2.27. The number of anilines is 1. The van der Waals surface area contributed by atoms with E-state index in [1.807, 2.05) is 6.07 Å². The second-order valence-corrected chi connectivity index (χ2v) is 9.84. The molecule has 1 aromatic carbocycles. The normalized spacial score (nSPS) is 12.0. The number of rotatable bonds is 4. The van der Waals surface area contributed by atoms with Crippen LogP contribution in [0, 0.1) is 6.92 Å². The van der Waals surface area contributed by atoms with Crippen LogP contribution in [0.4, 0.5) is 9.80 Å². The van der Waals surface area contributed by atoms with Gasteiger partial charge >= 0.3 is 6.09 Å². The number of thiazole rings is 1. The van der Waals surface area contributed by atoms with Crippen molar-refractivity contribution in [3.63, 3.8) is 0 Å². The highest BCUT2D eigenvalue weighted by Crippen LogP contribution is 2.27. The van der Waals surface area contributed by atoms with E-state index in [4.69, 9.17) is 4.74 Å². The number of nitrogens with zero attached hydrogens (tertiary/aromatic N) is 1. The highest BCUT2D eigenvalue weighted by molar-refractivity contribution is 7.90. The van der Waals surface area contributed by atoms with Gasteiger partial charge in [0.05, 0.1) is 15.6 Å². The standard InChI is InChI=1S/C17H22N2O4S2/c1-11-15(19-16(20)23-17(2,3)4)24-14(18-11)10-12-7-6-8-13(9-12)25(5,21)22/h6-9H,10H2,1-5H3,(H,19,20). The molecule has 25 heavy (non-hydrogen) atoms. The molecule has 6 nitrogen and oxygen atoms in total. The number of carbonyl (C=O) groups excluding carboxylic acids is 1. The van der Waals surface area contributed by atoms with E-state index in [0.717, 1.165) is 10.6 Å². The molecule has 1 N–H and O–H groups in total. The van der Waals surface area contributed by atoms with E-state index >= 15 is 0 Å². The molecular formula is C17H22N2O4S2. The zero-order valence-electron chi connectivity index (χ0n) is 14.9. The molecule has 8 heteroatoms. The minimum atomic E-state index is -3.24. The molecule has 0 unspecified atom stereocenters. The molecule has 1 amide bonds. The van der Waals surface area contributed by atoms with Gasteiger partial charge in [-0.2, -0.15) is 0 Å². The Labute approximate surface area is 152 Å². The molecule has 0 radical (unpaired) electrons. The van der Waals surface area contributed by atoms with Crippen LogP contribution in [0.25, 0.3) is 0 Å². The van der Waals surface area contributed by atoms with Crippen molar-refractivity contribution in [3.8, 4) is 0 Å². The van der Waals surface area contributed by atoms with Gasteiger partial charge in [0.25, 0.3) is 0 Å². The number of hydrogen-bond donors (Lipinski definition) is 1. The number of hydrogen-bond acceptors (Lipinski definition) is 6. The van der Waals surface area contributed by atoms with Gasteiger partial charge in [-0.05, 0) is 45.4 Å². The van der Waals surface area contributed by atoms with Gasteiger partial charge in [-0.3, -0.25) is 5.32 Å². The first-order valence-electron chi connectivity index (χ1n) is 7.69. The van der Waals surface area contributed by atoms with Gasteiger partial charge in [-0.15, -0.1) is 11.3 Å². The Kier molecular flexibility index (Phi) is 5.53. The molecule has 0 aliphatic heterocycles. The summed E-state index contributed by atoms with van der Waals surface area (Å²) in [6.07, 6.45) is 1.15. The number of amides is 1. The van der Waals surface area contributed by atoms with E-state index in [2.05, 4.69) is 10.3 Å². The predicted octanol–water partition coefficient (Wildman–Crippen LogP) is 3.79. The summed E-state index contributed by atoms with van der Waals surface area (Å²) >= 11 is 1.35. The molecule has 2 aromatic rings. The highest BCUT2D eigenvalue weighted by Gasteiger charge is 2.18. The van der Waals surface area contributed by atoms with E-state index in [-0.39, 0.29) is 4.90 Å². The Morgan fingerprint density at radius 2 is 2.00 bits per heavy atom. The monoisotopic (exact) mass is 382 g/mol. The maximum absolute atomic E-state index is 11.9. The quantitative estimate of drug-likeness (QED) is 0.869. The summed E-state index contributed by atoms with van der Waals surface area (Å²) in [7, 11) is -3.24. The molecule has 2 rings (SSSR count). The van der Waals surface area contributed by atoms with Crippen LogP contribution in [0.3, 0.4) is 0 Å². The largest absolute Gasteiger partial charge is 0.444 e. The summed E-state index contributed by atoms with van der Waals surface area (Å²) in [5, 5.41) is 4.12. The third-order valence-corrected chi connectivity index (χ3v) is 5.32. The van der Waals surface area contributed by atoms with Gasteiger partial charge in [0.2, 0.25) is 0 Å². The average Bonchev–Trinajstić information content (AvgIpc) is 2.75. The van der Waals surface area contributed by atoms with Crippen molar-refractivity contribution in [2.45, 2.75) is 44.6 Å². The Hall–Kier alpha value is -1.93. The van der Waals surface area contributed by atoms with Gasteiger partial charge < -0.3 is 4.74 Å². The van der Waals surface area contributed by atoms with Gasteiger partial charge in [0.1, 0.15) is 10.6 Å². The van der Waals surface area contributed by atoms with Crippen LogP contribution in [0.1, 0.15) is 37.0 Å². The lowest BCUT2D eigenvalue weighted by Gasteiger charge is -2.19. The van der Waals surface area contributed by atoms with Crippen LogP contribution in [0.5, 0.6) is 0 Å². The summed E-state index contributed by atoms with van der Waals surface area (Å²) in [5.74, 6) is 0. The first kappa shape index (κ1) is 19.4. The lowest BCUT2D eigenvalue weighted by atomic mass is 10.2. The molecule has 0 atom stereocenters. The molecule has 1 aromatic heterocycles. The average molecular weight is 383 g/mol. The first-order valence-corrected chi connectivity index (χ1v) is 10.4. The Balaban J connectivity index is 2.14. The summed E-state index contributed by atoms with van der Waals surface area (Å²) in [6, 6.07) is 6.78. The molecule has 136 valence electrons. The molecule has 0 bridgehead atoms. The maximum Gasteiger partial charge on any atom is 0.412 e. The van der Waals surface area contributed by atoms with E-state index in [9.17, 15) is 13.2 Å². The van der Waals surface area contributed by atoms with Gasteiger partial charge in [0, 0.05) is 12.7 Å². The van der Waals surface area contributed by atoms with E-state index in [1.165, 1.54) is 17.6 Å². The van der Waals surface area contributed by atoms with Crippen LogP contribution >= 0.6 is 11.3 Å². The predicted molar refractivity (Wildman–Crippen MR) is 99.1 cm³/mol. The van der Waals surface area contributed by atoms with E-state index < -0.39 is 21.5 Å². The van der Waals surface area contributed by atoms with E-state index in [0.29, 0.717) is 17.1 Å². The fourth-order valence-electron chi connectivity index (χ4n) is 2.10. The number of nitrogens with one attached hydrogen (secondary N) is 1. The van der Waals surface area contributed by atoms with Crippen LogP contribution < -0.4 is 5.32 Å². The maximum atomic E-state index is 11.9. The van der Waals surface area contributed by atoms with Crippen molar-refractivity contribution in [1.82, 2.24) is 4.98 Å². The van der Waals surface area contributed by atoms with Crippen molar-refractivity contribution >= 4 is 32.3 Å². The Morgan fingerprint density at radius 1 is 1.32 bits per heavy atom. The van der Waals surface area contributed by atoms with Crippen LogP contribution in [-0.4, -0.2) is 31.4 Å². The topological polar surface area (TPSA) is 85.4 Å². The molecule has 0 aliphatic rings. The second-order valence-electron chi connectivity index (χ2n) is 6.75. The fourth-order valence-corrected chi connectivity index (χ4v) is 3.78. The van der Waals surface area contributed by atoms with E-state index in [1.54, 1.807) is 45.9 Å². The van der Waals surface area contributed by atoms with Crippen LogP contribution in [0.15, 0.2) is 29.2 Å². The third kappa shape index (κ3) is 5.82. The molecule has 0 spiro atoms. The van der Waals surface area contributed by atoms with Gasteiger partial charge in [-0.25, -0.2) is 18.2 Å². The molecule has 0 saturated heterocycles. The third-order valence-electron chi connectivity index (χ3n) is 3.14. The molecule has 0 fully saturated rings. The Bertz CT molecular complexity index is 880. The van der Waals surface area contributed by atoms with Crippen molar-refractivity contribution in [1.29, 1.82) is 0 Å². The fraction of sp³-hybridized carbons (Fsp3) is 0.412. The Morgan fingerprint density at radius 3 is 2.60 bits per heavy atom. The molecular weight excluding hydrogens is 360 g/mol. The second kappa shape index (κ2) is 7.13.